The van der Waals surface area contributed by atoms with Crippen LogP contribution in [0.4, 0.5) is 13.2 Å². The lowest BCUT2D eigenvalue weighted by Gasteiger charge is -2.37. The molecule has 5 nitrogen and oxygen atoms in total. The van der Waals surface area contributed by atoms with Gasteiger partial charge in [-0.1, -0.05) is 18.2 Å². The zero-order valence-corrected chi connectivity index (χ0v) is 16.3. The maximum absolute atomic E-state index is 13.6. The Morgan fingerprint density at radius 3 is 2.69 bits per heavy atom. The number of hydrogen-bond donors (Lipinski definition) is 0. The molecule has 0 aliphatic carbocycles. The maximum Gasteiger partial charge on any atom is 0.435 e. The van der Waals surface area contributed by atoms with Crippen LogP contribution >= 0.6 is 11.3 Å². The van der Waals surface area contributed by atoms with E-state index in [0.29, 0.717) is 34.5 Å². The molecule has 29 heavy (non-hydrogen) atoms. The molecule has 1 aromatic carbocycles. The molecule has 0 unspecified atom stereocenters. The van der Waals surface area contributed by atoms with E-state index in [1.807, 2.05) is 0 Å². The Bertz CT molecular complexity index is 1060. The average Bonchev–Trinajstić information content (AvgIpc) is 3.41. The van der Waals surface area contributed by atoms with Gasteiger partial charge in [-0.05, 0) is 37.6 Å². The highest BCUT2D eigenvalue weighted by molar-refractivity contribution is 7.20. The van der Waals surface area contributed by atoms with Gasteiger partial charge in [0.1, 0.15) is 4.83 Å². The Morgan fingerprint density at radius 1 is 1.14 bits per heavy atom. The van der Waals surface area contributed by atoms with Gasteiger partial charge in [0.15, 0.2) is 5.69 Å². The summed E-state index contributed by atoms with van der Waals surface area (Å²) in [4.78, 5) is 17.9. The number of halogens is 3. The van der Waals surface area contributed by atoms with Crippen LogP contribution in [0.15, 0.2) is 36.4 Å². The predicted molar refractivity (Wildman–Crippen MR) is 104 cm³/mol. The van der Waals surface area contributed by atoms with Gasteiger partial charge in [0, 0.05) is 31.1 Å². The number of fused-ring (bicyclic) bond motifs is 2. The van der Waals surface area contributed by atoms with Gasteiger partial charge in [-0.25, -0.2) is 4.68 Å². The van der Waals surface area contributed by atoms with Crippen molar-refractivity contribution in [2.24, 2.45) is 0 Å². The normalized spacial score (nSPS) is 20.4. The van der Waals surface area contributed by atoms with Crippen LogP contribution in [0.5, 0.6) is 0 Å². The van der Waals surface area contributed by atoms with Gasteiger partial charge >= 0.3 is 6.18 Å². The van der Waals surface area contributed by atoms with Crippen molar-refractivity contribution in [2.45, 2.75) is 25.1 Å². The summed E-state index contributed by atoms with van der Waals surface area (Å²) in [6.45, 7) is 3.15. The van der Waals surface area contributed by atoms with Crippen molar-refractivity contribution in [3.63, 3.8) is 0 Å². The number of hydrogen-bond acceptors (Lipinski definition) is 4. The topological polar surface area (TPSA) is 41.4 Å². The van der Waals surface area contributed by atoms with Gasteiger partial charge in [0.25, 0.3) is 5.91 Å². The molecule has 1 atom stereocenters. The van der Waals surface area contributed by atoms with Crippen LogP contribution in [0.2, 0.25) is 0 Å². The van der Waals surface area contributed by atoms with Crippen LogP contribution in [0.25, 0.3) is 15.9 Å². The first-order valence-electron chi connectivity index (χ1n) is 9.60. The predicted octanol–water partition coefficient (Wildman–Crippen LogP) is 4.03. The van der Waals surface area contributed by atoms with Crippen molar-refractivity contribution in [3.8, 4) is 5.69 Å². The molecule has 152 valence electrons. The largest absolute Gasteiger partial charge is 0.435 e. The number of amides is 1. The van der Waals surface area contributed by atoms with Crippen LogP contribution in [-0.2, 0) is 6.18 Å². The zero-order chi connectivity index (χ0) is 20.2. The summed E-state index contributed by atoms with van der Waals surface area (Å²) < 4.78 is 42.0. The first-order chi connectivity index (χ1) is 13.9. The number of rotatable bonds is 2. The number of benzene rings is 1. The van der Waals surface area contributed by atoms with Gasteiger partial charge < -0.3 is 4.90 Å². The molecule has 0 N–H and O–H groups in total. The Balaban J connectivity index is 1.54. The quantitative estimate of drug-likeness (QED) is 0.629. The fraction of sp³-hybridized carbons (Fsp3) is 0.400. The minimum Gasteiger partial charge on any atom is -0.335 e. The van der Waals surface area contributed by atoms with E-state index in [4.69, 9.17) is 0 Å². The first-order valence-corrected chi connectivity index (χ1v) is 10.4. The summed E-state index contributed by atoms with van der Waals surface area (Å²) >= 11 is 1.08. The second-order valence-electron chi connectivity index (χ2n) is 7.51. The van der Waals surface area contributed by atoms with Crippen LogP contribution in [0.1, 0.15) is 28.2 Å². The maximum atomic E-state index is 13.6. The van der Waals surface area contributed by atoms with E-state index >= 15 is 0 Å². The third-order valence-electron chi connectivity index (χ3n) is 5.71. The summed E-state index contributed by atoms with van der Waals surface area (Å²) in [5.41, 5.74) is -0.416. The van der Waals surface area contributed by atoms with E-state index in [2.05, 4.69) is 10.00 Å². The average molecular weight is 420 g/mol. The van der Waals surface area contributed by atoms with Crippen molar-refractivity contribution >= 4 is 27.5 Å². The smallest absolute Gasteiger partial charge is 0.335 e. The van der Waals surface area contributed by atoms with E-state index in [1.54, 1.807) is 35.2 Å². The molecule has 2 aliphatic rings. The van der Waals surface area contributed by atoms with E-state index in [0.717, 1.165) is 37.3 Å². The lowest BCUT2D eigenvalue weighted by molar-refractivity contribution is -0.140. The molecule has 2 saturated heterocycles. The SMILES string of the molecule is O=C(c1cc2c(C(F)(F)F)nn(-c3ccccc3)c2s1)N1CCN2CCC[C@@H]2C1. The summed E-state index contributed by atoms with van der Waals surface area (Å²) in [6, 6.07) is 10.4. The van der Waals surface area contributed by atoms with Crippen LogP contribution < -0.4 is 0 Å². The summed E-state index contributed by atoms with van der Waals surface area (Å²) in [5, 5.41) is 3.80. The lowest BCUT2D eigenvalue weighted by Crippen LogP contribution is -2.51. The van der Waals surface area contributed by atoms with Crippen molar-refractivity contribution in [2.75, 3.05) is 26.2 Å². The van der Waals surface area contributed by atoms with Crippen molar-refractivity contribution in [1.82, 2.24) is 19.6 Å². The molecule has 2 fully saturated rings. The summed E-state index contributed by atoms with van der Waals surface area (Å²) in [5.74, 6) is -0.189. The molecular formula is C20H19F3N4OS. The highest BCUT2D eigenvalue weighted by Crippen LogP contribution is 2.39. The number of piperazine rings is 1. The highest BCUT2D eigenvalue weighted by atomic mass is 32.1. The van der Waals surface area contributed by atoms with E-state index in [9.17, 15) is 18.0 Å². The molecule has 5 rings (SSSR count). The molecule has 9 heteroatoms. The third kappa shape index (κ3) is 3.22. The number of alkyl halides is 3. The molecule has 3 aromatic rings. The second-order valence-corrected chi connectivity index (χ2v) is 8.54. The van der Waals surface area contributed by atoms with Gasteiger partial charge in [-0.15, -0.1) is 11.3 Å². The van der Waals surface area contributed by atoms with Gasteiger partial charge in [0.05, 0.1) is 10.6 Å². The van der Waals surface area contributed by atoms with Gasteiger partial charge in [-0.2, -0.15) is 18.3 Å². The van der Waals surface area contributed by atoms with Crippen LogP contribution in [0.3, 0.4) is 0 Å². The monoisotopic (exact) mass is 420 g/mol. The molecule has 4 heterocycles. The fourth-order valence-electron chi connectivity index (χ4n) is 4.30. The molecular weight excluding hydrogens is 401 g/mol. The minimum absolute atomic E-state index is 0.0193. The highest BCUT2D eigenvalue weighted by Gasteiger charge is 2.39. The Labute approximate surface area is 169 Å². The molecule has 2 aliphatic heterocycles. The van der Waals surface area contributed by atoms with Crippen molar-refractivity contribution < 1.29 is 18.0 Å². The van der Waals surface area contributed by atoms with Gasteiger partial charge in [0.2, 0.25) is 0 Å². The molecule has 2 aromatic heterocycles. The zero-order valence-electron chi connectivity index (χ0n) is 15.5. The standard InChI is InChI=1S/C20H19F3N4OS/c21-20(22,23)17-15-11-16(18(28)26-10-9-25-8-4-7-14(25)12-26)29-19(15)27(24-17)13-5-2-1-3-6-13/h1-3,5-6,11,14H,4,7-10,12H2/t14-/m1/s1. The van der Waals surface area contributed by atoms with Gasteiger partial charge in [-0.3, -0.25) is 9.69 Å². The molecule has 0 spiro atoms. The summed E-state index contributed by atoms with van der Waals surface area (Å²) in [6.07, 6.45) is -2.38. The summed E-state index contributed by atoms with van der Waals surface area (Å²) in [7, 11) is 0. The van der Waals surface area contributed by atoms with Crippen LogP contribution in [0, 0.1) is 0 Å². The Hall–Kier alpha value is -2.39. The molecule has 0 saturated carbocycles. The lowest BCUT2D eigenvalue weighted by atomic mass is 10.1. The number of nitrogens with zero attached hydrogens (tertiary/aromatic N) is 4. The fourth-order valence-corrected chi connectivity index (χ4v) is 5.40. The number of para-hydroxylation sites is 1. The number of thiophene rings is 1. The second kappa shape index (κ2) is 6.84. The molecule has 0 bridgehead atoms. The molecule has 1 amide bonds. The van der Waals surface area contributed by atoms with Crippen molar-refractivity contribution in [3.05, 3.63) is 47.0 Å². The van der Waals surface area contributed by atoms with Crippen LogP contribution in [-0.4, -0.2) is 57.7 Å². The number of carbonyl (C=O) groups excluding carboxylic acids is 1. The number of carbonyl (C=O) groups is 1. The molecule has 0 radical (unpaired) electrons. The Kier molecular flexibility index (Phi) is 4.40. The van der Waals surface area contributed by atoms with E-state index < -0.39 is 11.9 Å². The first kappa shape index (κ1) is 18.6. The minimum atomic E-state index is -4.59. The number of aromatic nitrogens is 2. The van der Waals surface area contributed by atoms with Crippen molar-refractivity contribution in [1.29, 1.82) is 0 Å². The Morgan fingerprint density at radius 2 is 1.93 bits per heavy atom. The third-order valence-corrected chi connectivity index (χ3v) is 6.81. The van der Waals surface area contributed by atoms with E-state index in [1.165, 1.54) is 10.7 Å². The van der Waals surface area contributed by atoms with E-state index in [-0.39, 0.29) is 11.3 Å².